The Bertz CT molecular complexity index is 1070. The van der Waals surface area contributed by atoms with Crippen LogP contribution in [0.15, 0.2) is 72.8 Å². The second-order valence-corrected chi connectivity index (χ2v) is 6.75. The first-order valence-corrected chi connectivity index (χ1v) is 9.25. The van der Waals surface area contributed by atoms with E-state index in [9.17, 15) is 14.0 Å². The summed E-state index contributed by atoms with van der Waals surface area (Å²) in [5.74, 6) is -1.20. The molecule has 0 bridgehead atoms. The highest BCUT2D eigenvalue weighted by molar-refractivity contribution is 7.80. The van der Waals surface area contributed by atoms with Gasteiger partial charge in [-0.25, -0.2) is 4.39 Å². The van der Waals surface area contributed by atoms with Crippen molar-refractivity contribution in [2.45, 2.75) is 0 Å². The average Bonchev–Trinajstić information content (AvgIpc) is 2.70. The van der Waals surface area contributed by atoms with E-state index >= 15 is 0 Å². The summed E-state index contributed by atoms with van der Waals surface area (Å²) < 4.78 is 13.0. The van der Waals surface area contributed by atoms with Crippen LogP contribution in [0.1, 0.15) is 20.7 Å². The number of carbonyl (C=O) groups excluding carboxylic acids is 2. The van der Waals surface area contributed by atoms with E-state index in [4.69, 9.17) is 23.8 Å². The van der Waals surface area contributed by atoms with Gasteiger partial charge in [0.2, 0.25) is 0 Å². The number of nitrogens with one attached hydrogen (secondary N) is 3. The molecule has 146 valence electrons. The topological polar surface area (TPSA) is 70.2 Å². The van der Waals surface area contributed by atoms with Crippen LogP contribution in [0.3, 0.4) is 0 Å². The van der Waals surface area contributed by atoms with Gasteiger partial charge in [0.15, 0.2) is 5.11 Å². The Hall–Kier alpha value is -3.29. The van der Waals surface area contributed by atoms with Gasteiger partial charge in [-0.05, 0) is 66.8 Å². The van der Waals surface area contributed by atoms with Crippen molar-refractivity contribution >= 4 is 52.1 Å². The fourth-order valence-corrected chi connectivity index (χ4v) is 2.88. The molecule has 0 spiro atoms. The summed E-state index contributed by atoms with van der Waals surface area (Å²) >= 11 is 11.2. The van der Waals surface area contributed by atoms with E-state index in [2.05, 4.69) is 16.0 Å². The van der Waals surface area contributed by atoms with Crippen molar-refractivity contribution in [1.82, 2.24) is 5.32 Å². The molecule has 0 aliphatic heterocycles. The predicted octanol–water partition coefficient (Wildman–Crippen LogP) is 4.86. The average molecular weight is 428 g/mol. The predicted molar refractivity (Wildman–Crippen MR) is 116 cm³/mol. The normalized spacial score (nSPS) is 10.1. The number of rotatable bonds is 4. The first kappa shape index (κ1) is 20.4. The molecular formula is C21H15ClFN3O2S. The van der Waals surface area contributed by atoms with Gasteiger partial charge in [0.1, 0.15) is 5.82 Å². The van der Waals surface area contributed by atoms with E-state index in [1.54, 1.807) is 48.5 Å². The molecule has 0 unspecified atom stereocenters. The number of amides is 2. The van der Waals surface area contributed by atoms with Crippen molar-refractivity contribution < 1.29 is 14.0 Å². The van der Waals surface area contributed by atoms with Crippen molar-refractivity contribution in [2.75, 3.05) is 10.6 Å². The highest BCUT2D eigenvalue weighted by atomic mass is 35.5. The quantitative estimate of drug-likeness (QED) is 0.520. The summed E-state index contributed by atoms with van der Waals surface area (Å²) in [5.41, 5.74) is 1.64. The van der Waals surface area contributed by atoms with Gasteiger partial charge in [-0.15, -0.1) is 0 Å². The van der Waals surface area contributed by atoms with Gasteiger partial charge >= 0.3 is 0 Å². The van der Waals surface area contributed by atoms with Crippen molar-refractivity contribution in [3.8, 4) is 0 Å². The van der Waals surface area contributed by atoms with Crippen LogP contribution in [-0.2, 0) is 0 Å². The third-order valence-corrected chi connectivity index (χ3v) is 4.36. The molecule has 0 atom stereocenters. The highest BCUT2D eigenvalue weighted by Crippen LogP contribution is 2.16. The second-order valence-electron chi connectivity index (χ2n) is 5.93. The summed E-state index contributed by atoms with van der Waals surface area (Å²) in [6.07, 6.45) is 0. The molecule has 3 aromatic rings. The lowest BCUT2D eigenvalue weighted by molar-refractivity contribution is 0.0976. The summed E-state index contributed by atoms with van der Waals surface area (Å²) in [7, 11) is 0. The Balaban J connectivity index is 1.63. The minimum absolute atomic E-state index is 0.0611. The first-order chi connectivity index (χ1) is 13.9. The maximum Gasteiger partial charge on any atom is 0.258 e. The number of thiocarbonyl (C=S) groups is 1. The third-order valence-electron chi connectivity index (χ3n) is 3.83. The number of halogens is 2. The van der Waals surface area contributed by atoms with Crippen molar-refractivity contribution in [1.29, 1.82) is 0 Å². The fraction of sp³-hybridized carbons (Fsp3) is 0. The zero-order valence-corrected chi connectivity index (χ0v) is 16.5. The molecule has 0 aliphatic rings. The van der Waals surface area contributed by atoms with Gasteiger partial charge in [-0.3, -0.25) is 14.9 Å². The van der Waals surface area contributed by atoms with E-state index in [-0.39, 0.29) is 16.8 Å². The van der Waals surface area contributed by atoms with Crippen molar-refractivity contribution in [2.24, 2.45) is 0 Å². The molecule has 0 heterocycles. The molecule has 0 aromatic heterocycles. The molecule has 0 fully saturated rings. The molecule has 3 aromatic carbocycles. The molecule has 5 nitrogen and oxygen atoms in total. The Kier molecular flexibility index (Phi) is 6.54. The zero-order chi connectivity index (χ0) is 20.8. The van der Waals surface area contributed by atoms with Crippen LogP contribution < -0.4 is 16.0 Å². The van der Waals surface area contributed by atoms with Gasteiger partial charge in [-0.2, -0.15) is 0 Å². The Labute approximate surface area is 176 Å². The van der Waals surface area contributed by atoms with E-state index < -0.39 is 5.91 Å². The Morgan fingerprint density at radius 1 is 0.828 bits per heavy atom. The molecule has 3 rings (SSSR count). The van der Waals surface area contributed by atoms with Crippen LogP contribution in [0.2, 0.25) is 5.02 Å². The number of anilines is 2. The lowest BCUT2D eigenvalue weighted by Crippen LogP contribution is -2.34. The molecule has 0 saturated carbocycles. The molecule has 0 saturated heterocycles. The summed E-state index contributed by atoms with van der Waals surface area (Å²) in [5, 5.41) is 8.44. The summed E-state index contributed by atoms with van der Waals surface area (Å²) in [6.45, 7) is 0. The fourth-order valence-electron chi connectivity index (χ4n) is 2.45. The van der Waals surface area contributed by atoms with Gasteiger partial charge in [0.25, 0.3) is 11.8 Å². The molecule has 0 aliphatic carbocycles. The maximum atomic E-state index is 13.0. The molecule has 2 amide bonds. The van der Waals surface area contributed by atoms with E-state index in [1.807, 2.05) is 0 Å². The smallest absolute Gasteiger partial charge is 0.258 e. The van der Waals surface area contributed by atoms with Crippen molar-refractivity contribution in [3.63, 3.8) is 0 Å². The van der Waals surface area contributed by atoms with E-state index in [1.165, 1.54) is 24.3 Å². The first-order valence-electron chi connectivity index (χ1n) is 8.46. The van der Waals surface area contributed by atoms with Crippen LogP contribution in [-0.4, -0.2) is 16.9 Å². The maximum absolute atomic E-state index is 13.0. The minimum Gasteiger partial charge on any atom is -0.332 e. The van der Waals surface area contributed by atoms with Gasteiger partial charge in [0.05, 0.1) is 10.6 Å². The van der Waals surface area contributed by atoms with E-state index in [0.29, 0.717) is 27.5 Å². The second kappa shape index (κ2) is 9.27. The lowest BCUT2D eigenvalue weighted by atomic mass is 10.2. The van der Waals surface area contributed by atoms with E-state index in [0.717, 1.165) is 0 Å². The summed E-state index contributed by atoms with van der Waals surface area (Å²) in [4.78, 5) is 24.6. The van der Waals surface area contributed by atoms with Crippen LogP contribution in [0, 0.1) is 5.82 Å². The Morgan fingerprint density at radius 3 is 2.28 bits per heavy atom. The highest BCUT2D eigenvalue weighted by Gasteiger charge is 2.12. The monoisotopic (exact) mass is 427 g/mol. The molecule has 29 heavy (non-hydrogen) atoms. The van der Waals surface area contributed by atoms with Crippen LogP contribution in [0.5, 0.6) is 0 Å². The molecule has 8 heteroatoms. The van der Waals surface area contributed by atoms with Gasteiger partial charge < -0.3 is 10.6 Å². The zero-order valence-electron chi connectivity index (χ0n) is 14.9. The number of benzene rings is 3. The largest absolute Gasteiger partial charge is 0.332 e. The number of hydrogen-bond donors (Lipinski definition) is 3. The van der Waals surface area contributed by atoms with Crippen LogP contribution >= 0.6 is 23.8 Å². The standard InChI is InChI=1S/C21H15ClFN3O2S/c22-18-7-2-1-6-17(18)20(28)26-21(29)25-16-5-3-4-13(12-16)19(27)24-15-10-8-14(23)9-11-15/h1-12H,(H,24,27)(H2,25,26,28,29). The third kappa shape index (κ3) is 5.60. The molecule has 3 N–H and O–H groups in total. The van der Waals surface area contributed by atoms with Crippen LogP contribution in [0.4, 0.5) is 15.8 Å². The molecular weight excluding hydrogens is 413 g/mol. The van der Waals surface area contributed by atoms with Crippen LogP contribution in [0.25, 0.3) is 0 Å². The minimum atomic E-state index is -0.446. The van der Waals surface area contributed by atoms with Gasteiger partial charge in [0, 0.05) is 16.9 Å². The SMILES string of the molecule is O=C(Nc1ccc(F)cc1)c1cccc(NC(=S)NC(=O)c2ccccc2Cl)c1. The molecule has 0 radical (unpaired) electrons. The number of carbonyl (C=O) groups is 2. The summed E-state index contributed by atoms with van der Waals surface area (Å²) in [6, 6.07) is 18.6. The lowest BCUT2D eigenvalue weighted by Gasteiger charge is -2.11. The Morgan fingerprint density at radius 2 is 1.55 bits per heavy atom. The van der Waals surface area contributed by atoms with Crippen molar-refractivity contribution in [3.05, 3.63) is 94.8 Å². The van der Waals surface area contributed by atoms with Gasteiger partial charge in [-0.1, -0.05) is 29.8 Å². The number of hydrogen-bond acceptors (Lipinski definition) is 3.